The zero-order valence-corrected chi connectivity index (χ0v) is 25.5. The van der Waals surface area contributed by atoms with Crippen molar-refractivity contribution in [3.8, 4) is 11.3 Å². The quantitative estimate of drug-likeness (QED) is 0.311. The van der Waals surface area contributed by atoms with Crippen molar-refractivity contribution < 1.29 is 14.3 Å². The van der Waals surface area contributed by atoms with Gasteiger partial charge in [-0.1, -0.05) is 6.08 Å². The minimum atomic E-state index is -0.634. The van der Waals surface area contributed by atoms with Gasteiger partial charge in [0.15, 0.2) is 0 Å². The Labute approximate surface area is 260 Å². The number of benzene rings is 1. The van der Waals surface area contributed by atoms with Crippen LogP contribution in [0.2, 0.25) is 0 Å². The Morgan fingerprint density at radius 1 is 1.02 bits per heavy atom. The standard InChI is InChI=1S/C33H37N7O3S/c41-30(40-11-5-24(6-12-40)26-7-18-44-21-26)20-39-13-8-33(23-39,22-38-14-16-43-17-15-38)32(42)35-27-1-2-29-28(19-27)31(37-36-29)25-3-9-34-10-4-25/h1-5,7,9-10,18-19,21H,6,8,11-17,20,22-23H2,(H,35,42)(H,36,37). The number of rotatable bonds is 8. The molecule has 0 bridgehead atoms. The summed E-state index contributed by atoms with van der Waals surface area (Å²) in [6, 6.07) is 11.9. The number of carbonyl (C=O) groups is 2. The Kier molecular flexibility index (Phi) is 8.26. The molecule has 0 radical (unpaired) electrons. The van der Waals surface area contributed by atoms with Crippen LogP contribution in [0.25, 0.3) is 27.7 Å². The van der Waals surface area contributed by atoms with Crippen LogP contribution in [0.15, 0.2) is 65.6 Å². The Bertz CT molecular complexity index is 1650. The second-order valence-electron chi connectivity index (χ2n) is 12.0. The minimum absolute atomic E-state index is 0.00597. The first-order valence-electron chi connectivity index (χ1n) is 15.3. The molecule has 10 nitrogen and oxygen atoms in total. The highest BCUT2D eigenvalue weighted by molar-refractivity contribution is 7.08. The lowest BCUT2D eigenvalue weighted by Gasteiger charge is -2.36. The van der Waals surface area contributed by atoms with E-state index in [-0.39, 0.29) is 11.8 Å². The Balaban J connectivity index is 1.06. The second-order valence-corrected chi connectivity index (χ2v) is 12.8. The van der Waals surface area contributed by atoms with Gasteiger partial charge in [0.05, 0.1) is 30.7 Å². The molecule has 4 aromatic rings. The number of carbonyl (C=O) groups excluding carboxylic acids is 2. The van der Waals surface area contributed by atoms with E-state index in [9.17, 15) is 9.59 Å². The molecule has 0 saturated carbocycles. The highest BCUT2D eigenvalue weighted by Crippen LogP contribution is 2.35. The summed E-state index contributed by atoms with van der Waals surface area (Å²) in [6.07, 6.45) is 7.24. The van der Waals surface area contributed by atoms with Gasteiger partial charge in [0.2, 0.25) is 11.8 Å². The zero-order chi connectivity index (χ0) is 29.9. The summed E-state index contributed by atoms with van der Waals surface area (Å²) in [5, 5.41) is 16.1. The van der Waals surface area contributed by atoms with Crippen molar-refractivity contribution in [1.29, 1.82) is 0 Å². The van der Waals surface area contributed by atoms with Gasteiger partial charge in [0.1, 0.15) is 5.69 Å². The van der Waals surface area contributed by atoms with E-state index in [4.69, 9.17) is 4.74 Å². The molecule has 11 heteroatoms. The molecule has 2 amide bonds. The summed E-state index contributed by atoms with van der Waals surface area (Å²) in [7, 11) is 0. The van der Waals surface area contributed by atoms with E-state index in [1.54, 1.807) is 23.7 Å². The molecule has 44 heavy (non-hydrogen) atoms. The van der Waals surface area contributed by atoms with Gasteiger partial charge in [-0.05, 0) is 77.7 Å². The van der Waals surface area contributed by atoms with Crippen LogP contribution in [0, 0.1) is 5.41 Å². The molecule has 7 rings (SSSR count). The number of thiophene rings is 1. The fourth-order valence-electron chi connectivity index (χ4n) is 6.65. The van der Waals surface area contributed by atoms with Gasteiger partial charge in [-0.25, -0.2) is 0 Å². The van der Waals surface area contributed by atoms with Gasteiger partial charge in [-0.15, -0.1) is 0 Å². The fraction of sp³-hybridized carbons (Fsp3) is 0.394. The average molecular weight is 612 g/mol. The van der Waals surface area contributed by atoms with E-state index in [1.807, 2.05) is 35.2 Å². The number of nitrogens with one attached hydrogen (secondary N) is 2. The van der Waals surface area contributed by atoms with Crippen LogP contribution < -0.4 is 5.32 Å². The number of morpholine rings is 1. The maximum Gasteiger partial charge on any atom is 0.237 e. The van der Waals surface area contributed by atoms with Crippen LogP contribution in [0.5, 0.6) is 0 Å². The van der Waals surface area contributed by atoms with Crippen LogP contribution in [0.3, 0.4) is 0 Å². The maximum atomic E-state index is 14.2. The summed E-state index contributed by atoms with van der Waals surface area (Å²) < 4.78 is 5.59. The number of ether oxygens (including phenoxy) is 1. The first-order valence-corrected chi connectivity index (χ1v) is 16.2. The van der Waals surface area contributed by atoms with Gasteiger partial charge >= 0.3 is 0 Å². The Hall–Kier alpha value is -3.90. The predicted molar refractivity (Wildman–Crippen MR) is 172 cm³/mol. The molecule has 228 valence electrons. The monoisotopic (exact) mass is 611 g/mol. The molecule has 1 unspecified atom stereocenters. The highest BCUT2D eigenvalue weighted by atomic mass is 32.1. The Morgan fingerprint density at radius 2 is 1.89 bits per heavy atom. The number of H-pyrrole nitrogens is 1. The number of aromatic nitrogens is 3. The number of nitrogens with zero attached hydrogens (tertiary/aromatic N) is 5. The van der Waals surface area contributed by atoms with E-state index in [1.165, 1.54) is 11.1 Å². The fourth-order valence-corrected chi connectivity index (χ4v) is 7.33. The molecule has 2 fully saturated rings. The van der Waals surface area contributed by atoms with Gasteiger partial charge in [-0.2, -0.15) is 16.4 Å². The van der Waals surface area contributed by atoms with Gasteiger partial charge in [0, 0.05) is 68.3 Å². The largest absolute Gasteiger partial charge is 0.379 e. The average Bonchev–Trinajstić information content (AvgIpc) is 3.83. The smallest absolute Gasteiger partial charge is 0.237 e. The van der Waals surface area contributed by atoms with Crippen LogP contribution in [0.1, 0.15) is 18.4 Å². The number of anilines is 1. The van der Waals surface area contributed by atoms with Crippen molar-refractivity contribution in [2.75, 3.05) is 70.9 Å². The lowest BCUT2D eigenvalue weighted by molar-refractivity contribution is -0.133. The van der Waals surface area contributed by atoms with Gasteiger partial charge in [-0.3, -0.25) is 29.5 Å². The minimum Gasteiger partial charge on any atom is -0.379 e. The number of fused-ring (bicyclic) bond motifs is 1. The molecular weight excluding hydrogens is 574 g/mol. The molecule has 3 aliphatic rings. The van der Waals surface area contributed by atoms with E-state index in [0.29, 0.717) is 52.4 Å². The number of pyridine rings is 1. The number of hydrogen-bond donors (Lipinski definition) is 2. The summed E-state index contributed by atoms with van der Waals surface area (Å²) in [4.78, 5) is 38.1. The SMILES string of the molecule is O=C(CN1CCC(CN2CCOCC2)(C(=O)Nc2ccc3[nH]nc(-c4ccncc4)c3c2)C1)N1CC=C(c2ccsc2)CC1. The summed E-state index contributed by atoms with van der Waals surface area (Å²) in [6.45, 7) is 6.53. The number of likely N-dealkylation sites (tertiary alicyclic amines) is 1. The number of hydrogen-bond acceptors (Lipinski definition) is 8. The van der Waals surface area contributed by atoms with Crippen molar-refractivity contribution in [3.05, 3.63) is 71.2 Å². The van der Waals surface area contributed by atoms with Crippen LogP contribution in [-0.2, 0) is 14.3 Å². The summed E-state index contributed by atoms with van der Waals surface area (Å²) >= 11 is 1.70. The number of amides is 2. The third-order valence-electron chi connectivity index (χ3n) is 9.13. The van der Waals surface area contributed by atoms with Gasteiger partial charge < -0.3 is 15.0 Å². The summed E-state index contributed by atoms with van der Waals surface area (Å²) in [5.41, 5.74) is 5.36. The molecule has 6 heterocycles. The molecule has 2 N–H and O–H groups in total. The van der Waals surface area contributed by atoms with Gasteiger partial charge in [0.25, 0.3) is 0 Å². The first-order chi connectivity index (χ1) is 21.6. The predicted octanol–water partition coefficient (Wildman–Crippen LogP) is 3.97. The third-order valence-corrected chi connectivity index (χ3v) is 9.81. The van der Waals surface area contributed by atoms with E-state index in [0.717, 1.165) is 53.9 Å². The lowest BCUT2D eigenvalue weighted by Crippen LogP contribution is -2.51. The Morgan fingerprint density at radius 3 is 2.66 bits per heavy atom. The van der Waals surface area contributed by atoms with Crippen LogP contribution >= 0.6 is 11.3 Å². The molecule has 3 aliphatic heterocycles. The van der Waals surface area contributed by atoms with E-state index in [2.05, 4.69) is 53.2 Å². The van der Waals surface area contributed by atoms with Crippen LogP contribution in [0.4, 0.5) is 5.69 Å². The molecule has 2 saturated heterocycles. The molecule has 0 aliphatic carbocycles. The van der Waals surface area contributed by atoms with E-state index >= 15 is 0 Å². The topological polar surface area (TPSA) is 107 Å². The highest BCUT2D eigenvalue weighted by Gasteiger charge is 2.46. The molecule has 0 spiro atoms. The van der Waals surface area contributed by atoms with Crippen molar-refractivity contribution >= 4 is 45.3 Å². The molecule has 1 aromatic carbocycles. The molecule has 1 atom stereocenters. The third kappa shape index (κ3) is 6.05. The van der Waals surface area contributed by atoms with E-state index < -0.39 is 5.41 Å². The van der Waals surface area contributed by atoms with Crippen molar-refractivity contribution in [1.82, 2.24) is 29.9 Å². The first kappa shape index (κ1) is 28.8. The molecule has 3 aromatic heterocycles. The molecular formula is C33H37N7O3S. The zero-order valence-electron chi connectivity index (χ0n) is 24.7. The lowest BCUT2D eigenvalue weighted by atomic mass is 9.85. The van der Waals surface area contributed by atoms with Crippen molar-refractivity contribution in [3.63, 3.8) is 0 Å². The summed E-state index contributed by atoms with van der Waals surface area (Å²) in [5.74, 6) is 0.121. The second kappa shape index (κ2) is 12.6. The van der Waals surface area contributed by atoms with Crippen molar-refractivity contribution in [2.24, 2.45) is 5.41 Å². The van der Waals surface area contributed by atoms with Crippen LogP contribution in [-0.4, -0.2) is 107 Å². The maximum absolute atomic E-state index is 14.2. The number of aromatic amines is 1. The van der Waals surface area contributed by atoms with Crippen molar-refractivity contribution in [2.45, 2.75) is 12.8 Å². The normalized spacial score (nSPS) is 21.5.